The van der Waals surface area contributed by atoms with Gasteiger partial charge in [0, 0.05) is 6.54 Å². The Morgan fingerprint density at radius 1 is 1.25 bits per heavy atom. The van der Waals surface area contributed by atoms with E-state index in [0.29, 0.717) is 11.4 Å². The molecular weight excluding hydrogens is 270 g/mol. The zero-order valence-electron chi connectivity index (χ0n) is 11.6. The van der Waals surface area contributed by atoms with Crippen molar-refractivity contribution >= 4 is 17.4 Å². The zero-order chi connectivity index (χ0) is 14.2. The number of aryl methyl sites for hydroxylation is 2. The lowest BCUT2D eigenvalue weighted by atomic mass is 10.1. The largest absolute Gasteiger partial charge is 0.351 e. The van der Waals surface area contributed by atoms with Gasteiger partial charge in [0.25, 0.3) is 5.91 Å². The van der Waals surface area contributed by atoms with Gasteiger partial charge < -0.3 is 5.32 Å². The van der Waals surface area contributed by atoms with Gasteiger partial charge in [0.1, 0.15) is 4.88 Å². The molecule has 0 aliphatic heterocycles. The number of rotatable bonds is 7. The Morgan fingerprint density at radius 2 is 2.05 bits per heavy atom. The van der Waals surface area contributed by atoms with Crippen LogP contribution in [0.15, 0.2) is 30.3 Å². The first-order valence-corrected chi connectivity index (χ1v) is 7.72. The summed E-state index contributed by atoms with van der Waals surface area (Å²) in [5.74, 6) is -0.0449. The van der Waals surface area contributed by atoms with Gasteiger partial charge in [-0.2, -0.15) is 0 Å². The zero-order valence-corrected chi connectivity index (χ0v) is 12.4. The predicted octanol–water partition coefficient (Wildman–Crippen LogP) is 2.85. The topological polar surface area (TPSA) is 54.9 Å². The van der Waals surface area contributed by atoms with Gasteiger partial charge in [0.15, 0.2) is 0 Å². The lowest BCUT2D eigenvalue weighted by Gasteiger charge is -2.04. The second kappa shape index (κ2) is 7.75. The third kappa shape index (κ3) is 4.13. The van der Waals surface area contributed by atoms with Crippen LogP contribution in [0.2, 0.25) is 0 Å². The van der Waals surface area contributed by atoms with Crippen molar-refractivity contribution in [2.45, 2.75) is 32.6 Å². The van der Waals surface area contributed by atoms with Gasteiger partial charge in [-0.15, -0.1) is 5.10 Å². The van der Waals surface area contributed by atoms with Gasteiger partial charge in [0.2, 0.25) is 0 Å². The van der Waals surface area contributed by atoms with Crippen LogP contribution in [-0.4, -0.2) is 22.0 Å². The van der Waals surface area contributed by atoms with Crippen molar-refractivity contribution in [3.8, 4) is 0 Å². The number of carbonyl (C=O) groups excluding carboxylic acids is 1. The number of nitrogens with one attached hydrogen (secondary N) is 1. The molecule has 0 bridgehead atoms. The molecule has 20 heavy (non-hydrogen) atoms. The van der Waals surface area contributed by atoms with E-state index in [-0.39, 0.29) is 5.91 Å². The molecule has 1 heterocycles. The molecule has 1 amide bonds. The molecule has 5 heteroatoms. The second-order valence-corrected chi connectivity index (χ2v) is 5.36. The fraction of sp³-hybridized carbons (Fsp3) is 0.400. The highest BCUT2D eigenvalue weighted by atomic mass is 32.1. The number of unbranched alkanes of at least 4 members (excludes halogenated alkanes) is 1. The Bertz CT molecular complexity index is 539. The Morgan fingerprint density at radius 3 is 2.80 bits per heavy atom. The minimum absolute atomic E-state index is 0.0449. The van der Waals surface area contributed by atoms with E-state index in [1.165, 1.54) is 17.1 Å². The van der Waals surface area contributed by atoms with Crippen LogP contribution in [-0.2, 0) is 12.8 Å². The van der Waals surface area contributed by atoms with Crippen molar-refractivity contribution in [1.29, 1.82) is 0 Å². The van der Waals surface area contributed by atoms with Gasteiger partial charge in [-0.25, -0.2) is 0 Å². The molecule has 0 aliphatic rings. The molecule has 0 unspecified atom stereocenters. The molecule has 0 aliphatic carbocycles. The molecule has 0 fully saturated rings. The van der Waals surface area contributed by atoms with Gasteiger partial charge in [0.05, 0.1) is 5.69 Å². The Kier molecular flexibility index (Phi) is 5.68. The summed E-state index contributed by atoms with van der Waals surface area (Å²) in [7, 11) is 0. The predicted molar refractivity (Wildman–Crippen MR) is 81.0 cm³/mol. The summed E-state index contributed by atoms with van der Waals surface area (Å²) in [6.45, 7) is 2.68. The average molecular weight is 289 g/mol. The molecular formula is C15H19N3OS. The number of hydrogen-bond donors (Lipinski definition) is 1. The van der Waals surface area contributed by atoms with E-state index in [1.54, 1.807) is 0 Å². The minimum Gasteiger partial charge on any atom is -0.351 e. The van der Waals surface area contributed by atoms with Crippen LogP contribution in [0.4, 0.5) is 0 Å². The highest BCUT2D eigenvalue weighted by Gasteiger charge is 2.13. The van der Waals surface area contributed by atoms with Crippen LogP contribution in [0.25, 0.3) is 0 Å². The first-order chi connectivity index (χ1) is 9.81. The fourth-order valence-corrected chi connectivity index (χ4v) is 2.66. The molecule has 2 aromatic rings. The summed E-state index contributed by atoms with van der Waals surface area (Å²) in [5.41, 5.74) is 2.13. The van der Waals surface area contributed by atoms with Crippen molar-refractivity contribution in [3.63, 3.8) is 0 Å². The first kappa shape index (κ1) is 14.7. The van der Waals surface area contributed by atoms with Crippen LogP contribution in [0.5, 0.6) is 0 Å². The monoisotopic (exact) mass is 289 g/mol. The molecule has 2 rings (SSSR count). The third-order valence-corrected chi connectivity index (χ3v) is 3.88. The molecule has 0 saturated heterocycles. The number of nitrogens with zero attached hydrogens (tertiary/aromatic N) is 2. The highest BCUT2D eigenvalue weighted by molar-refractivity contribution is 7.08. The SMILES string of the molecule is CCc1nnsc1C(=O)NCCCCc1ccccc1. The standard InChI is InChI=1S/C15H19N3OS/c1-2-13-14(20-18-17-13)15(19)16-11-7-6-10-12-8-4-3-5-9-12/h3-5,8-9H,2,6-7,10-11H2,1H3,(H,16,19). The van der Waals surface area contributed by atoms with Gasteiger partial charge >= 0.3 is 0 Å². The molecule has 106 valence electrons. The van der Waals surface area contributed by atoms with Crippen LogP contribution in [0, 0.1) is 0 Å². The molecule has 0 spiro atoms. The van der Waals surface area contributed by atoms with Crippen molar-refractivity contribution in [3.05, 3.63) is 46.5 Å². The molecule has 1 aromatic heterocycles. The maximum atomic E-state index is 11.9. The van der Waals surface area contributed by atoms with E-state index in [2.05, 4.69) is 39.2 Å². The summed E-state index contributed by atoms with van der Waals surface area (Å²) in [5, 5.41) is 6.89. The molecule has 1 aromatic carbocycles. The average Bonchev–Trinajstić information content (AvgIpc) is 2.96. The van der Waals surface area contributed by atoms with E-state index in [0.717, 1.165) is 31.4 Å². The van der Waals surface area contributed by atoms with Crippen LogP contribution >= 0.6 is 11.5 Å². The normalized spacial score (nSPS) is 10.4. The summed E-state index contributed by atoms with van der Waals surface area (Å²) >= 11 is 1.17. The van der Waals surface area contributed by atoms with Crippen LogP contribution in [0.3, 0.4) is 0 Å². The van der Waals surface area contributed by atoms with E-state index in [9.17, 15) is 4.79 Å². The van der Waals surface area contributed by atoms with Crippen molar-refractivity contribution < 1.29 is 4.79 Å². The number of carbonyl (C=O) groups is 1. The number of benzene rings is 1. The lowest BCUT2D eigenvalue weighted by Crippen LogP contribution is -2.24. The van der Waals surface area contributed by atoms with Crippen LogP contribution in [0.1, 0.15) is 40.7 Å². The molecule has 0 atom stereocenters. The Balaban J connectivity index is 1.67. The third-order valence-electron chi connectivity index (χ3n) is 3.12. The number of amides is 1. The van der Waals surface area contributed by atoms with Crippen molar-refractivity contribution in [1.82, 2.24) is 14.9 Å². The maximum absolute atomic E-state index is 11.9. The van der Waals surface area contributed by atoms with E-state index >= 15 is 0 Å². The summed E-state index contributed by atoms with van der Waals surface area (Å²) in [4.78, 5) is 12.6. The highest BCUT2D eigenvalue weighted by Crippen LogP contribution is 2.10. The number of aromatic nitrogens is 2. The van der Waals surface area contributed by atoms with E-state index in [4.69, 9.17) is 0 Å². The summed E-state index contributed by atoms with van der Waals surface area (Å²) < 4.78 is 3.83. The van der Waals surface area contributed by atoms with Crippen molar-refractivity contribution in [2.75, 3.05) is 6.54 Å². The smallest absolute Gasteiger partial charge is 0.264 e. The van der Waals surface area contributed by atoms with Crippen molar-refractivity contribution in [2.24, 2.45) is 0 Å². The van der Waals surface area contributed by atoms with E-state index in [1.807, 2.05) is 13.0 Å². The first-order valence-electron chi connectivity index (χ1n) is 6.94. The fourth-order valence-electron chi connectivity index (χ4n) is 1.99. The van der Waals surface area contributed by atoms with Gasteiger partial charge in [-0.05, 0) is 42.8 Å². The summed E-state index contributed by atoms with van der Waals surface area (Å²) in [6.07, 6.45) is 3.85. The van der Waals surface area contributed by atoms with Gasteiger partial charge in [-0.3, -0.25) is 4.79 Å². The summed E-state index contributed by atoms with van der Waals surface area (Å²) in [6, 6.07) is 10.4. The number of hydrogen-bond acceptors (Lipinski definition) is 4. The molecule has 0 radical (unpaired) electrons. The molecule has 4 nitrogen and oxygen atoms in total. The van der Waals surface area contributed by atoms with Gasteiger partial charge in [-0.1, -0.05) is 41.7 Å². The minimum atomic E-state index is -0.0449. The second-order valence-electron chi connectivity index (χ2n) is 4.60. The Hall–Kier alpha value is -1.75. The molecule has 0 saturated carbocycles. The lowest BCUT2D eigenvalue weighted by molar-refractivity contribution is 0.0956. The maximum Gasteiger partial charge on any atom is 0.264 e. The van der Waals surface area contributed by atoms with E-state index < -0.39 is 0 Å². The van der Waals surface area contributed by atoms with Crippen LogP contribution < -0.4 is 5.32 Å². The molecule has 1 N–H and O–H groups in total. The quantitative estimate of drug-likeness (QED) is 0.797. The Labute approximate surface area is 123 Å².